The Balaban J connectivity index is 2.40. The van der Waals surface area contributed by atoms with Crippen LogP contribution in [0.2, 0.25) is 0 Å². The highest BCUT2D eigenvalue weighted by Crippen LogP contribution is 2.30. The predicted octanol–water partition coefficient (Wildman–Crippen LogP) is 2.53. The van der Waals surface area contributed by atoms with Gasteiger partial charge in [-0.25, -0.2) is 0 Å². The fourth-order valence-corrected chi connectivity index (χ4v) is 1.86. The second kappa shape index (κ2) is 4.40. The van der Waals surface area contributed by atoms with E-state index in [1.54, 1.807) is 25.3 Å². The van der Waals surface area contributed by atoms with E-state index in [-0.39, 0.29) is 6.54 Å². The van der Waals surface area contributed by atoms with E-state index in [4.69, 9.17) is 5.73 Å². The van der Waals surface area contributed by atoms with Crippen molar-refractivity contribution < 1.29 is 13.2 Å². The summed E-state index contributed by atoms with van der Waals surface area (Å²) < 4.78 is 37.4. The van der Waals surface area contributed by atoms with E-state index in [2.05, 4.69) is 10.2 Å². The third-order valence-corrected chi connectivity index (χ3v) is 2.68. The molecule has 1 aromatic heterocycles. The van der Waals surface area contributed by atoms with Crippen LogP contribution >= 0.6 is 0 Å². The third-order valence-electron chi connectivity index (χ3n) is 2.68. The summed E-state index contributed by atoms with van der Waals surface area (Å²) >= 11 is 0. The van der Waals surface area contributed by atoms with Gasteiger partial charge >= 0.3 is 6.18 Å². The number of nitrogens with zero attached hydrogens (tertiary/aromatic N) is 2. The lowest BCUT2D eigenvalue weighted by molar-refractivity contribution is -0.119. The van der Waals surface area contributed by atoms with Gasteiger partial charge < -0.3 is 10.6 Å². The molecule has 3 N–H and O–H groups in total. The van der Waals surface area contributed by atoms with Gasteiger partial charge in [-0.1, -0.05) is 0 Å². The third kappa shape index (κ3) is 2.49. The van der Waals surface area contributed by atoms with Gasteiger partial charge in [0, 0.05) is 11.9 Å². The van der Waals surface area contributed by atoms with E-state index in [0.717, 1.165) is 5.39 Å². The summed E-state index contributed by atoms with van der Waals surface area (Å²) in [6.07, 6.45) is -2.68. The zero-order valence-electron chi connectivity index (χ0n) is 9.75. The van der Waals surface area contributed by atoms with Gasteiger partial charge in [-0.2, -0.15) is 18.3 Å². The second-order valence-corrected chi connectivity index (χ2v) is 4.00. The largest absolute Gasteiger partial charge is 0.405 e. The molecule has 7 heteroatoms. The fraction of sp³-hybridized carbons (Fsp3) is 0.364. The number of alkyl halides is 3. The van der Waals surface area contributed by atoms with E-state index in [1.807, 2.05) is 0 Å². The molecule has 1 heterocycles. The highest BCUT2D eigenvalue weighted by molar-refractivity contribution is 5.88. The van der Waals surface area contributed by atoms with E-state index in [0.29, 0.717) is 16.9 Å². The number of hydrogen-bond acceptors (Lipinski definition) is 3. The van der Waals surface area contributed by atoms with Crippen LogP contribution in [0.4, 0.5) is 24.5 Å². The molecule has 0 atom stereocenters. The Labute approximate surface area is 102 Å². The number of hydrogen-bond donors (Lipinski definition) is 2. The van der Waals surface area contributed by atoms with Crippen molar-refractivity contribution in [1.82, 2.24) is 10.2 Å². The van der Waals surface area contributed by atoms with Gasteiger partial charge in [-0.05, 0) is 19.1 Å². The smallest absolute Gasteiger partial charge is 0.397 e. The lowest BCUT2D eigenvalue weighted by Crippen LogP contribution is -2.34. The maximum atomic E-state index is 12.5. The van der Waals surface area contributed by atoms with Crippen molar-refractivity contribution in [3.8, 4) is 0 Å². The van der Waals surface area contributed by atoms with Gasteiger partial charge in [0.2, 0.25) is 0 Å². The average Bonchev–Trinajstić information content (AvgIpc) is 2.70. The highest BCUT2D eigenvalue weighted by Gasteiger charge is 2.31. The van der Waals surface area contributed by atoms with E-state index in [1.165, 1.54) is 4.90 Å². The molecule has 98 valence electrons. The summed E-state index contributed by atoms with van der Waals surface area (Å²) in [5.74, 6) is 0. The first kappa shape index (κ1) is 12.5. The van der Waals surface area contributed by atoms with Crippen LogP contribution < -0.4 is 10.6 Å². The number of nitrogens with two attached hydrogens (primary N) is 1. The van der Waals surface area contributed by atoms with Crippen LogP contribution in [0.15, 0.2) is 18.3 Å². The topological polar surface area (TPSA) is 57.9 Å². The van der Waals surface area contributed by atoms with E-state index in [9.17, 15) is 13.2 Å². The number of nitrogens with one attached hydrogen (secondary N) is 1. The Morgan fingerprint density at radius 3 is 2.72 bits per heavy atom. The minimum atomic E-state index is -4.26. The monoisotopic (exact) mass is 258 g/mol. The van der Waals surface area contributed by atoms with Gasteiger partial charge in [0.05, 0.1) is 23.1 Å². The van der Waals surface area contributed by atoms with Gasteiger partial charge in [-0.3, -0.25) is 5.10 Å². The first-order chi connectivity index (χ1) is 8.40. The number of aromatic nitrogens is 2. The molecular weight excluding hydrogens is 245 g/mol. The summed E-state index contributed by atoms with van der Waals surface area (Å²) in [4.78, 5) is 1.19. The molecule has 2 rings (SSSR count). The summed E-state index contributed by atoms with van der Waals surface area (Å²) in [6, 6.07) is 3.21. The van der Waals surface area contributed by atoms with Gasteiger partial charge in [0.1, 0.15) is 6.54 Å². The molecule has 0 spiro atoms. The molecule has 0 aliphatic rings. The van der Waals surface area contributed by atoms with Gasteiger partial charge in [0.15, 0.2) is 0 Å². The highest BCUT2D eigenvalue weighted by atomic mass is 19.4. The molecule has 2 aromatic rings. The molecule has 0 aliphatic carbocycles. The zero-order valence-corrected chi connectivity index (χ0v) is 9.75. The standard InChI is InChI=1S/C11H13F3N4/c1-2-18(6-11(12,13)14)10-4-9-7(3-8(10)15)5-16-17-9/h3-5H,2,6,15H2,1H3,(H,16,17). The molecular formula is C11H13F3N4. The summed E-state index contributed by atoms with van der Waals surface area (Å²) in [6.45, 7) is 0.860. The molecule has 18 heavy (non-hydrogen) atoms. The SMILES string of the molecule is CCN(CC(F)(F)F)c1cc2[nH]ncc2cc1N. The Morgan fingerprint density at radius 1 is 1.39 bits per heavy atom. The lowest BCUT2D eigenvalue weighted by atomic mass is 10.2. The quantitative estimate of drug-likeness (QED) is 0.832. The number of fused-ring (bicyclic) bond motifs is 1. The van der Waals surface area contributed by atoms with Crippen molar-refractivity contribution in [2.75, 3.05) is 23.7 Å². The first-order valence-electron chi connectivity index (χ1n) is 5.45. The van der Waals surface area contributed by atoms with Crippen LogP contribution in [0.25, 0.3) is 10.9 Å². The van der Waals surface area contributed by atoms with Crippen molar-refractivity contribution in [1.29, 1.82) is 0 Å². The fourth-order valence-electron chi connectivity index (χ4n) is 1.86. The minimum Gasteiger partial charge on any atom is -0.397 e. The Hall–Kier alpha value is -1.92. The second-order valence-electron chi connectivity index (χ2n) is 4.00. The normalized spacial score (nSPS) is 12.0. The number of halogens is 3. The molecule has 4 nitrogen and oxygen atoms in total. The van der Waals surface area contributed by atoms with Crippen molar-refractivity contribution in [2.45, 2.75) is 13.1 Å². The molecule has 0 radical (unpaired) electrons. The summed E-state index contributed by atoms with van der Waals surface area (Å²) in [7, 11) is 0. The zero-order chi connectivity index (χ0) is 13.3. The van der Waals surface area contributed by atoms with Crippen molar-refractivity contribution >= 4 is 22.3 Å². The number of benzene rings is 1. The molecule has 0 amide bonds. The molecule has 0 unspecified atom stereocenters. The predicted molar refractivity (Wildman–Crippen MR) is 64.4 cm³/mol. The molecule has 1 aromatic carbocycles. The number of nitrogen functional groups attached to an aromatic ring is 1. The van der Waals surface area contributed by atoms with Crippen molar-refractivity contribution in [3.05, 3.63) is 18.3 Å². The number of H-pyrrole nitrogens is 1. The molecule has 0 aliphatic heterocycles. The van der Waals surface area contributed by atoms with Crippen LogP contribution in [-0.2, 0) is 0 Å². The number of anilines is 2. The molecule has 0 bridgehead atoms. The lowest BCUT2D eigenvalue weighted by Gasteiger charge is -2.25. The van der Waals surface area contributed by atoms with Crippen molar-refractivity contribution in [2.24, 2.45) is 0 Å². The van der Waals surface area contributed by atoms with Gasteiger partial charge in [-0.15, -0.1) is 0 Å². The Morgan fingerprint density at radius 2 is 2.11 bits per heavy atom. The van der Waals surface area contributed by atoms with Crippen molar-refractivity contribution in [3.63, 3.8) is 0 Å². The van der Waals surface area contributed by atoms with Crippen LogP contribution in [-0.4, -0.2) is 29.5 Å². The van der Waals surface area contributed by atoms with Crippen LogP contribution in [0.3, 0.4) is 0 Å². The summed E-state index contributed by atoms with van der Waals surface area (Å²) in [5, 5.41) is 7.31. The number of aromatic amines is 1. The van der Waals surface area contributed by atoms with Crippen LogP contribution in [0.5, 0.6) is 0 Å². The van der Waals surface area contributed by atoms with Gasteiger partial charge in [0.25, 0.3) is 0 Å². The molecule has 0 fully saturated rings. The van der Waals surface area contributed by atoms with Crippen LogP contribution in [0.1, 0.15) is 6.92 Å². The maximum Gasteiger partial charge on any atom is 0.405 e. The summed E-state index contributed by atoms with van der Waals surface area (Å²) in [5.41, 5.74) is 7.14. The maximum absolute atomic E-state index is 12.5. The molecule has 0 saturated heterocycles. The Bertz CT molecular complexity index is 547. The Kier molecular flexibility index (Phi) is 3.06. The minimum absolute atomic E-state index is 0.226. The average molecular weight is 258 g/mol. The van der Waals surface area contributed by atoms with E-state index >= 15 is 0 Å². The van der Waals surface area contributed by atoms with Crippen LogP contribution in [0, 0.1) is 0 Å². The first-order valence-corrected chi connectivity index (χ1v) is 5.45. The molecule has 0 saturated carbocycles. The van der Waals surface area contributed by atoms with E-state index < -0.39 is 12.7 Å². The number of rotatable bonds is 3.